The zero-order valence-corrected chi connectivity index (χ0v) is 15.8. The second-order valence-corrected chi connectivity index (χ2v) is 8.08. The number of rotatable bonds is 4. The molecule has 4 nitrogen and oxygen atoms in total. The van der Waals surface area contributed by atoms with Crippen LogP contribution in [0, 0.1) is 5.82 Å². The van der Waals surface area contributed by atoms with Gasteiger partial charge in [0.2, 0.25) is 0 Å². The fourth-order valence-electron chi connectivity index (χ4n) is 4.69. The van der Waals surface area contributed by atoms with Crippen molar-refractivity contribution in [3.8, 4) is 0 Å². The number of piperidine rings is 1. The molecule has 26 heavy (non-hydrogen) atoms. The number of nitrogens with one attached hydrogen (secondary N) is 2. The van der Waals surface area contributed by atoms with Crippen LogP contribution in [0.15, 0.2) is 29.3 Å². The number of likely N-dealkylation sites (tertiary alicyclic amines) is 1. The molecule has 2 unspecified atom stereocenters. The van der Waals surface area contributed by atoms with Crippen molar-refractivity contribution in [1.82, 2.24) is 15.5 Å². The Kier molecular flexibility index (Phi) is 5.44. The molecule has 3 aliphatic rings. The average molecular weight is 359 g/mol. The summed E-state index contributed by atoms with van der Waals surface area (Å²) in [5.41, 5.74) is 0.824. The van der Waals surface area contributed by atoms with Gasteiger partial charge in [0.25, 0.3) is 0 Å². The van der Waals surface area contributed by atoms with Gasteiger partial charge >= 0.3 is 0 Å². The van der Waals surface area contributed by atoms with Gasteiger partial charge in [0, 0.05) is 44.2 Å². The van der Waals surface area contributed by atoms with E-state index >= 15 is 0 Å². The smallest absolute Gasteiger partial charge is 0.191 e. The summed E-state index contributed by atoms with van der Waals surface area (Å²) in [6.45, 7) is 2.39. The molecule has 1 saturated heterocycles. The van der Waals surface area contributed by atoms with Crippen LogP contribution in [-0.2, 0) is 0 Å². The average Bonchev–Trinajstić information content (AvgIpc) is 3.20. The highest BCUT2D eigenvalue weighted by Gasteiger charge is 2.40. The molecule has 0 aromatic heterocycles. The summed E-state index contributed by atoms with van der Waals surface area (Å²) in [7, 11) is 1.82. The maximum atomic E-state index is 13.9. The topological polar surface area (TPSA) is 39.7 Å². The number of hydrogen-bond acceptors (Lipinski definition) is 2. The van der Waals surface area contributed by atoms with E-state index in [0.717, 1.165) is 24.0 Å². The van der Waals surface area contributed by atoms with Gasteiger partial charge in [0.15, 0.2) is 5.96 Å². The van der Waals surface area contributed by atoms with E-state index in [0.29, 0.717) is 6.04 Å². The van der Waals surface area contributed by atoms with E-state index in [2.05, 4.69) is 20.5 Å². The molecule has 0 radical (unpaired) electrons. The highest BCUT2D eigenvalue weighted by atomic mass is 19.1. The van der Waals surface area contributed by atoms with Crippen molar-refractivity contribution >= 4 is 5.96 Å². The van der Waals surface area contributed by atoms with Crippen LogP contribution in [0.25, 0.3) is 0 Å². The molecular formula is C21H31FN4. The van der Waals surface area contributed by atoms with Crippen LogP contribution in [0.5, 0.6) is 0 Å². The molecule has 2 saturated carbocycles. The van der Waals surface area contributed by atoms with Gasteiger partial charge in [-0.1, -0.05) is 31.0 Å². The number of guanidine groups is 1. The summed E-state index contributed by atoms with van der Waals surface area (Å²) in [6.07, 6.45) is 8.92. The molecule has 1 aliphatic heterocycles. The molecule has 3 fully saturated rings. The Morgan fingerprint density at radius 2 is 1.81 bits per heavy atom. The van der Waals surface area contributed by atoms with E-state index in [1.807, 2.05) is 19.2 Å². The van der Waals surface area contributed by atoms with Gasteiger partial charge in [-0.15, -0.1) is 0 Å². The lowest BCUT2D eigenvalue weighted by atomic mass is 10.0. The minimum Gasteiger partial charge on any atom is -0.354 e. The quantitative estimate of drug-likeness (QED) is 0.641. The maximum absolute atomic E-state index is 13.9. The van der Waals surface area contributed by atoms with E-state index in [1.165, 1.54) is 51.6 Å². The third kappa shape index (κ3) is 4.03. The molecule has 2 N–H and O–H groups in total. The SMILES string of the molecule is CN=C(NC1CCN(C2CCCC2)CC1)NC1CC1c1ccccc1F. The molecule has 4 rings (SSSR count). The van der Waals surface area contributed by atoms with Gasteiger partial charge in [0.1, 0.15) is 5.82 Å². The lowest BCUT2D eigenvalue weighted by molar-refractivity contribution is 0.150. The van der Waals surface area contributed by atoms with Crippen molar-refractivity contribution < 1.29 is 4.39 Å². The number of halogens is 1. The van der Waals surface area contributed by atoms with Gasteiger partial charge in [0.05, 0.1) is 0 Å². The molecule has 2 aliphatic carbocycles. The van der Waals surface area contributed by atoms with Crippen LogP contribution in [0.1, 0.15) is 56.4 Å². The summed E-state index contributed by atoms with van der Waals surface area (Å²) in [5, 5.41) is 7.08. The summed E-state index contributed by atoms with van der Waals surface area (Å²) in [6, 6.07) is 8.73. The highest BCUT2D eigenvalue weighted by molar-refractivity contribution is 5.80. The number of aliphatic imine (C=N–C) groups is 1. The summed E-state index contributed by atoms with van der Waals surface area (Å²) in [4.78, 5) is 7.09. The lowest BCUT2D eigenvalue weighted by Crippen LogP contribution is -2.50. The molecule has 2 atom stereocenters. The van der Waals surface area contributed by atoms with Crippen molar-refractivity contribution in [3.05, 3.63) is 35.6 Å². The molecule has 1 aromatic rings. The zero-order chi connectivity index (χ0) is 17.9. The zero-order valence-electron chi connectivity index (χ0n) is 15.8. The summed E-state index contributed by atoms with van der Waals surface area (Å²) < 4.78 is 13.9. The Morgan fingerprint density at radius 1 is 1.08 bits per heavy atom. The number of hydrogen-bond donors (Lipinski definition) is 2. The van der Waals surface area contributed by atoms with E-state index < -0.39 is 0 Å². The first-order chi connectivity index (χ1) is 12.7. The van der Waals surface area contributed by atoms with Gasteiger partial charge in [-0.25, -0.2) is 4.39 Å². The Morgan fingerprint density at radius 3 is 2.50 bits per heavy atom. The third-order valence-corrected chi connectivity index (χ3v) is 6.35. The molecule has 1 aromatic carbocycles. The van der Waals surface area contributed by atoms with E-state index in [1.54, 1.807) is 12.1 Å². The fraction of sp³-hybridized carbons (Fsp3) is 0.667. The maximum Gasteiger partial charge on any atom is 0.191 e. The van der Waals surface area contributed by atoms with Gasteiger partial charge in [-0.3, -0.25) is 4.99 Å². The normalized spacial score (nSPS) is 28.3. The van der Waals surface area contributed by atoms with Crippen LogP contribution in [0.3, 0.4) is 0 Å². The standard InChI is InChI=1S/C21H31FN4/c1-23-21(25-20-14-18(20)17-8-4-5-9-19(17)22)24-15-10-12-26(13-11-15)16-6-2-3-7-16/h4-5,8-9,15-16,18,20H,2-3,6-7,10-14H2,1H3,(H2,23,24,25). The summed E-state index contributed by atoms with van der Waals surface area (Å²) >= 11 is 0. The van der Waals surface area contributed by atoms with Crippen LogP contribution in [0.4, 0.5) is 4.39 Å². The van der Waals surface area contributed by atoms with Crippen molar-refractivity contribution in [2.24, 2.45) is 4.99 Å². The van der Waals surface area contributed by atoms with Gasteiger partial charge in [-0.2, -0.15) is 0 Å². The van der Waals surface area contributed by atoms with Gasteiger partial charge < -0.3 is 15.5 Å². The van der Waals surface area contributed by atoms with Crippen LogP contribution < -0.4 is 10.6 Å². The van der Waals surface area contributed by atoms with Crippen LogP contribution >= 0.6 is 0 Å². The Bertz CT molecular complexity index is 633. The molecule has 0 spiro atoms. The minimum atomic E-state index is -0.0935. The molecule has 0 bridgehead atoms. The number of benzene rings is 1. The van der Waals surface area contributed by atoms with Crippen LogP contribution in [0.2, 0.25) is 0 Å². The molecule has 5 heteroatoms. The highest BCUT2D eigenvalue weighted by Crippen LogP contribution is 2.41. The molecule has 1 heterocycles. The second-order valence-electron chi connectivity index (χ2n) is 8.08. The Labute approximate surface area is 156 Å². The first-order valence-electron chi connectivity index (χ1n) is 10.2. The predicted molar refractivity (Wildman–Crippen MR) is 104 cm³/mol. The number of nitrogens with zero attached hydrogens (tertiary/aromatic N) is 2. The van der Waals surface area contributed by atoms with Gasteiger partial charge in [-0.05, 0) is 43.7 Å². The molecule has 142 valence electrons. The van der Waals surface area contributed by atoms with Crippen molar-refractivity contribution in [1.29, 1.82) is 0 Å². The Balaban J connectivity index is 1.24. The lowest BCUT2D eigenvalue weighted by Gasteiger charge is -2.36. The first kappa shape index (κ1) is 17.8. The second kappa shape index (κ2) is 7.95. The van der Waals surface area contributed by atoms with Crippen LogP contribution in [-0.4, -0.2) is 49.1 Å². The summed E-state index contributed by atoms with van der Waals surface area (Å²) in [5.74, 6) is 1.04. The first-order valence-corrected chi connectivity index (χ1v) is 10.2. The van der Waals surface area contributed by atoms with Crippen molar-refractivity contribution in [3.63, 3.8) is 0 Å². The third-order valence-electron chi connectivity index (χ3n) is 6.35. The predicted octanol–water partition coefficient (Wildman–Crippen LogP) is 3.25. The Hall–Kier alpha value is -1.62. The largest absolute Gasteiger partial charge is 0.354 e. The van der Waals surface area contributed by atoms with Crippen molar-refractivity contribution in [2.45, 2.75) is 69.0 Å². The monoisotopic (exact) mass is 358 g/mol. The molecular weight excluding hydrogens is 327 g/mol. The minimum absolute atomic E-state index is 0.0935. The van der Waals surface area contributed by atoms with E-state index in [9.17, 15) is 4.39 Å². The van der Waals surface area contributed by atoms with E-state index in [4.69, 9.17) is 0 Å². The van der Waals surface area contributed by atoms with Crippen molar-refractivity contribution in [2.75, 3.05) is 20.1 Å². The fourth-order valence-corrected chi connectivity index (χ4v) is 4.69. The molecule has 0 amide bonds. The van der Waals surface area contributed by atoms with E-state index in [-0.39, 0.29) is 17.8 Å².